The first-order valence-electron chi connectivity index (χ1n) is 5.45. The van der Waals surface area contributed by atoms with E-state index in [0.717, 1.165) is 22.4 Å². The van der Waals surface area contributed by atoms with E-state index in [-0.39, 0.29) is 5.91 Å². The lowest BCUT2D eigenvalue weighted by Crippen LogP contribution is -2.25. The molecule has 0 saturated carbocycles. The maximum absolute atomic E-state index is 12.2. The SMILES string of the molecule is C/C=C(\C)N(C)C(=O)c1cc(C)ccc1C. The molecule has 0 aliphatic heterocycles. The van der Waals surface area contributed by atoms with Crippen LogP contribution in [0.4, 0.5) is 0 Å². The Morgan fingerprint density at radius 1 is 1.31 bits per heavy atom. The van der Waals surface area contributed by atoms with Crippen molar-refractivity contribution in [2.24, 2.45) is 0 Å². The zero-order chi connectivity index (χ0) is 12.3. The Bertz CT molecular complexity index is 432. The molecule has 0 N–H and O–H groups in total. The predicted molar refractivity (Wildman–Crippen MR) is 67.4 cm³/mol. The third kappa shape index (κ3) is 2.51. The molecule has 0 spiro atoms. The van der Waals surface area contributed by atoms with Gasteiger partial charge in [-0.15, -0.1) is 0 Å². The number of aryl methyl sites for hydroxylation is 2. The highest BCUT2D eigenvalue weighted by Crippen LogP contribution is 2.15. The molecule has 86 valence electrons. The monoisotopic (exact) mass is 217 g/mol. The van der Waals surface area contributed by atoms with Gasteiger partial charge in [-0.2, -0.15) is 0 Å². The van der Waals surface area contributed by atoms with Gasteiger partial charge in [0.15, 0.2) is 0 Å². The van der Waals surface area contributed by atoms with Crippen LogP contribution in [0.5, 0.6) is 0 Å². The van der Waals surface area contributed by atoms with Crippen molar-refractivity contribution >= 4 is 5.91 Å². The first-order chi connectivity index (χ1) is 7.47. The van der Waals surface area contributed by atoms with Crippen LogP contribution in [0, 0.1) is 13.8 Å². The van der Waals surface area contributed by atoms with Crippen LogP contribution in [-0.2, 0) is 0 Å². The third-order valence-electron chi connectivity index (χ3n) is 2.87. The van der Waals surface area contributed by atoms with Gasteiger partial charge < -0.3 is 4.90 Å². The molecule has 0 unspecified atom stereocenters. The topological polar surface area (TPSA) is 20.3 Å². The third-order valence-corrected chi connectivity index (χ3v) is 2.87. The minimum atomic E-state index is 0.0526. The molecule has 1 aromatic rings. The van der Waals surface area contributed by atoms with E-state index in [1.807, 2.05) is 52.0 Å². The lowest BCUT2D eigenvalue weighted by Gasteiger charge is -2.19. The second kappa shape index (κ2) is 4.97. The normalized spacial score (nSPS) is 11.4. The Labute approximate surface area is 97.6 Å². The maximum atomic E-state index is 12.2. The second-order valence-electron chi connectivity index (χ2n) is 4.11. The summed E-state index contributed by atoms with van der Waals surface area (Å²) in [6.45, 7) is 7.83. The van der Waals surface area contributed by atoms with Crippen molar-refractivity contribution in [1.82, 2.24) is 4.90 Å². The van der Waals surface area contributed by atoms with Gasteiger partial charge in [0.25, 0.3) is 5.91 Å². The molecule has 0 aromatic heterocycles. The summed E-state index contributed by atoms with van der Waals surface area (Å²) in [7, 11) is 1.80. The summed E-state index contributed by atoms with van der Waals surface area (Å²) in [6.07, 6.45) is 1.93. The van der Waals surface area contributed by atoms with Gasteiger partial charge >= 0.3 is 0 Å². The molecule has 1 aromatic carbocycles. The standard InChI is InChI=1S/C14H19NO/c1-6-12(4)15(5)14(16)13-9-10(2)7-8-11(13)3/h6-9H,1-5H3/b12-6+. The molecular weight excluding hydrogens is 198 g/mol. The Balaban J connectivity index is 3.10. The van der Waals surface area contributed by atoms with Gasteiger partial charge in [0.1, 0.15) is 0 Å². The van der Waals surface area contributed by atoms with Crippen LogP contribution in [-0.4, -0.2) is 17.9 Å². The molecule has 2 nitrogen and oxygen atoms in total. The first-order valence-corrected chi connectivity index (χ1v) is 5.45. The van der Waals surface area contributed by atoms with Crippen LogP contribution in [0.3, 0.4) is 0 Å². The Hall–Kier alpha value is -1.57. The fourth-order valence-corrected chi connectivity index (χ4v) is 1.50. The minimum absolute atomic E-state index is 0.0526. The molecule has 1 amide bonds. The van der Waals surface area contributed by atoms with Crippen LogP contribution in [0.1, 0.15) is 35.3 Å². The number of carbonyl (C=O) groups is 1. The molecule has 2 heteroatoms. The van der Waals surface area contributed by atoms with Crippen molar-refractivity contribution in [3.8, 4) is 0 Å². The summed E-state index contributed by atoms with van der Waals surface area (Å²) in [4.78, 5) is 13.9. The number of nitrogens with zero attached hydrogens (tertiary/aromatic N) is 1. The highest BCUT2D eigenvalue weighted by molar-refractivity contribution is 5.96. The first kappa shape index (κ1) is 12.5. The Morgan fingerprint density at radius 3 is 2.50 bits per heavy atom. The largest absolute Gasteiger partial charge is 0.316 e. The van der Waals surface area contributed by atoms with Crippen molar-refractivity contribution in [1.29, 1.82) is 0 Å². The molecule has 0 fully saturated rings. The molecule has 0 aliphatic rings. The zero-order valence-electron chi connectivity index (χ0n) is 10.7. The molecule has 1 rings (SSSR count). The van der Waals surface area contributed by atoms with Gasteiger partial charge in [-0.25, -0.2) is 0 Å². The Morgan fingerprint density at radius 2 is 1.94 bits per heavy atom. The fraction of sp³-hybridized carbons (Fsp3) is 0.357. The number of allylic oxidation sites excluding steroid dienone is 2. The van der Waals surface area contributed by atoms with Crippen LogP contribution in [0.2, 0.25) is 0 Å². The van der Waals surface area contributed by atoms with Gasteiger partial charge in [0.05, 0.1) is 0 Å². The van der Waals surface area contributed by atoms with Crippen LogP contribution < -0.4 is 0 Å². The highest BCUT2D eigenvalue weighted by atomic mass is 16.2. The van der Waals surface area contributed by atoms with E-state index < -0.39 is 0 Å². The van der Waals surface area contributed by atoms with Crippen molar-refractivity contribution in [3.05, 3.63) is 46.7 Å². The number of benzene rings is 1. The summed E-state index contributed by atoms with van der Waals surface area (Å²) in [5.74, 6) is 0.0526. The highest BCUT2D eigenvalue weighted by Gasteiger charge is 2.14. The number of hydrogen-bond donors (Lipinski definition) is 0. The molecule has 0 saturated heterocycles. The van der Waals surface area contributed by atoms with Gasteiger partial charge in [-0.1, -0.05) is 23.8 Å². The van der Waals surface area contributed by atoms with E-state index in [9.17, 15) is 4.79 Å². The molecule has 0 atom stereocenters. The van der Waals surface area contributed by atoms with E-state index in [2.05, 4.69) is 0 Å². The quantitative estimate of drug-likeness (QED) is 0.744. The molecule has 0 heterocycles. The minimum Gasteiger partial charge on any atom is -0.316 e. The van der Waals surface area contributed by atoms with Crippen LogP contribution in [0.15, 0.2) is 30.0 Å². The zero-order valence-corrected chi connectivity index (χ0v) is 10.7. The predicted octanol–water partition coefficient (Wildman–Crippen LogP) is 3.30. The summed E-state index contributed by atoms with van der Waals surface area (Å²) in [5.41, 5.74) is 3.88. The van der Waals surface area contributed by atoms with Gasteiger partial charge in [-0.3, -0.25) is 4.79 Å². The van der Waals surface area contributed by atoms with Gasteiger partial charge in [-0.05, 0) is 39.3 Å². The molecule has 0 radical (unpaired) electrons. The van der Waals surface area contributed by atoms with Gasteiger partial charge in [0.2, 0.25) is 0 Å². The lowest BCUT2D eigenvalue weighted by atomic mass is 10.0. The summed E-state index contributed by atoms with van der Waals surface area (Å²) < 4.78 is 0. The van der Waals surface area contributed by atoms with E-state index in [0.29, 0.717) is 0 Å². The average Bonchev–Trinajstić information content (AvgIpc) is 2.29. The lowest BCUT2D eigenvalue weighted by molar-refractivity contribution is 0.0835. The van der Waals surface area contributed by atoms with Crippen LogP contribution >= 0.6 is 0 Å². The summed E-state index contributed by atoms with van der Waals surface area (Å²) in [5, 5.41) is 0. The number of amides is 1. The van der Waals surface area contributed by atoms with Crippen molar-refractivity contribution in [2.75, 3.05) is 7.05 Å². The van der Waals surface area contributed by atoms with Crippen molar-refractivity contribution < 1.29 is 4.79 Å². The molecule has 16 heavy (non-hydrogen) atoms. The Kier molecular flexibility index (Phi) is 3.88. The van der Waals surface area contributed by atoms with Crippen molar-refractivity contribution in [2.45, 2.75) is 27.7 Å². The number of hydrogen-bond acceptors (Lipinski definition) is 1. The van der Waals surface area contributed by atoms with E-state index in [1.54, 1.807) is 11.9 Å². The molecular formula is C14H19NO. The van der Waals surface area contributed by atoms with E-state index in [4.69, 9.17) is 0 Å². The summed E-state index contributed by atoms with van der Waals surface area (Å²) in [6, 6.07) is 5.95. The fourth-order valence-electron chi connectivity index (χ4n) is 1.50. The van der Waals surface area contributed by atoms with Crippen molar-refractivity contribution in [3.63, 3.8) is 0 Å². The smallest absolute Gasteiger partial charge is 0.258 e. The van der Waals surface area contributed by atoms with Gasteiger partial charge in [0, 0.05) is 18.3 Å². The summed E-state index contributed by atoms with van der Waals surface area (Å²) >= 11 is 0. The van der Waals surface area contributed by atoms with E-state index in [1.165, 1.54) is 0 Å². The average molecular weight is 217 g/mol. The number of rotatable bonds is 2. The number of carbonyl (C=O) groups excluding carboxylic acids is 1. The maximum Gasteiger partial charge on any atom is 0.258 e. The van der Waals surface area contributed by atoms with Crippen LogP contribution in [0.25, 0.3) is 0 Å². The van der Waals surface area contributed by atoms with E-state index >= 15 is 0 Å². The molecule has 0 aliphatic carbocycles. The molecule has 0 bridgehead atoms. The second-order valence-corrected chi connectivity index (χ2v) is 4.11.